The fraction of sp³-hybridized carbons (Fsp3) is 0.300. The van der Waals surface area contributed by atoms with Crippen LogP contribution in [0.4, 0.5) is 18.9 Å². The molecule has 0 unspecified atom stereocenters. The molecule has 0 aliphatic heterocycles. The standard InChI is InChI=1S/C10H10F3N3/c11-7-3-6(4-8(12)9(7)13)16-10(14)15-5-1-2-5/h3-5H,1-2H2,(H3,14,15,16). The van der Waals surface area contributed by atoms with E-state index < -0.39 is 17.5 Å². The molecule has 0 atom stereocenters. The zero-order chi connectivity index (χ0) is 11.7. The van der Waals surface area contributed by atoms with Gasteiger partial charge in [-0.25, -0.2) is 18.2 Å². The lowest BCUT2D eigenvalue weighted by atomic mass is 10.3. The van der Waals surface area contributed by atoms with Gasteiger partial charge in [-0.2, -0.15) is 0 Å². The molecule has 0 saturated heterocycles. The Morgan fingerprint density at radius 1 is 1.25 bits per heavy atom. The van der Waals surface area contributed by atoms with E-state index in [1.165, 1.54) is 0 Å². The van der Waals surface area contributed by atoms with Crippen molar-refractivity contribution in [2.75, 3.05) is 5.32 Å². The average Bonchev–Trinajstić information content (AvgIpc) is 2.97. The van der Waals surface area contributed by atoms with Crippen LogP contribution in [-0.4, -0.2) is 12.0 Å². The summed E-state index contributed by atoms with van der Waals surface area (Å²) in [5.41, 5.74) is 5.53. The Morgan fingerprint density at radius 2 is 1.81 bits per heavy atom. The maximum Gasteiger partial charge on any atom is 0.194 e. The Hall–Kier alpha value is -1.72. The number of rotatable bonds is 2. The van der Waals surface area contributed by atoms with E-state index in [1.54, 1.807) is 0 Å². The third kappa shape index (κ3) is 2.44. The molecule has 2 rings (SSSR count). The molecule has 16 heavy (non-hydrogen) atoms. The molecule has 6 heteroatoms. The number of halogens is 3. The predicted octanol–water partition coefficient (Wildman–Crippen LogP) is 1.99. The highest BCUT2D eigenvalue weighted by Crippen LogP contribution is 2.23. The number of anilines is 1. The molecule has 1 aromatic carbocycles. The summed E-state index contributed by atoms with van der Waals surface area (Å²) >= 11 is 0. The monoisotopic (exact) mass is 229 g/mol. The van der Waals surface area contributed by atoms with E-state index in [2.05, 4.69) is 10.3 Å². The van der Waals surface area contributed by atoms with Gasteiger partial charge in [-0.1, -0.05) is 0 Å². The molecule has 0 aromatic heterocycles. The van der Waals surface area contributed by atoms with Crippen LogP contribution in [0.25, 0.3) is 0 Å². The van der Waals surface area contributed by atoms with E-state index >= 15 is 0 Å². The predicted molar refractivity (Wildman–Crippen MR) is 54.6 cm³/mol. The largest absolute Gasteiger partial charge is 0.370 e. The minimum atomic E-state index is -1.50. The summed E-state index contributed by atoms with van der Waals surface area (Å²) in [5, 5.41) is 2.50. The van der Waals surface area contributed by atoms with Gasteiger partial charge in [0.25, 0.3) is 0 Å². The molecule has 3 N–H and O–H groups in total. The van der Waals surface area contributed by atoms with Gasteiger partial charge in [0, 0.05) is 17.8 Å². The lowest BCUT2D eigenvalue weighted by molar-refractivity contribution is 0.448. The van der Waals surface area contributed by atoms with Crippen LogP contribution >= 0.6 is 0 Å². The summed E-state index contributed by atoms with van der Waals surface area (Å²) in [6.45, 7) is 0. The Kier molecular flexibility index (Phi) is 2.72. The van der Waals surface area contributed by atoms with Crippen molar-refractivity contribution in [3.8, 4) is 0 Å². The minimum Gasteiger partial charge on any atom is -0.370 e. The van der Waals surface area contributed by atoms with Crippen LogP contribution in [0.3, 0.4) is 0 Å². The first-order valence-electron chi connectivity index (χ1n) is 4.81. The van der Waals surface area contributed by atoms with Crippen molar-refractivity contribution in [2.24, 2.45) is 10.7 Å². The zero-order valence-corrected chi connectivity index (χ0v) is 8.30. The van der Waals surface area contributed by atoms with Gasteiger partial charge in [-0.3, -0.25) is 0 Å². The highest BCUT2D eigenvalue weighted by atomic mass is 19.2. The highest BCUT2D eigenvalue weighted by Gasteiger charge is 2.20. The van der Waals surface area contributed by atoms with E-state index in [0.29, 0.717) is 0 Å². The molecule has 1 fully saturated rings. The Balaban J connectivity index is 2.14. The molecule has 1 aliphatic rings. The van der Waals surface area contributed by atoms with E-state index in [0.717, 1.165) is 25.0 Å². The molecule has 0 heterocycles. The maximum atomic E-state index is 12.8. The van der Waals surface area contributed by atoms with Crippen LogP contribution in [-0.2, 0) is 0 Å². The van der Waals surface area contributed by atoms with Gasteiger partial charge < -0.3 is 11.1 Å². The third-order valence-electron chi connectivity index (χ3n) is 2.12. The molecule has 3 nitrogen and oxygen atoms in total. The number of nitrogens with one attached hydrogen (secondary N) is 1. The summed E-state index contributed by atoms with van der Waals surface area (Å²) in [6, 6.07) is 1.85. The molecular formula is C10H10F3N3. The second-order valence-corrected chi connectivity index (χ2v) is 3.62. The minimum absolute atomic E-state index is 0.0401. The lowest BCUT2D eigenvalue weighted by Gasteiger charge is -2.06. The van der Waals surface area contributed by atoms with E-state index in [-0.39, 0.29) is 17.7 Å². The van der Waals surface area contributed by atoms with Gasteiger partial charge in [0.15, 0.2) is 23.4 Å². The molecule has 0 spiro atoms. The lowest BCUT2D eigenvalue weighted by Crippen LogP contribution is -2.23. The van der Waals surface area contributed by atoms with Gasteiger partial charge in [0.2, 0.25) is 0 Å². The first-order chi connectivity index (χ1) is 7.56. The van der Waals surface area contributed by atoms with E-state index in [9.17, 15) is 13.2 Å². The van der Waals surface area contributed by atoms with Crippen LogP contribution in [0.15, 0.2) is 17.1 Å². The van der Waals surface area contributed by atoms with E-state index in [1.807, 2.05) is 0 Å². The first-order valence-corrected chi connectivity index (χ1v) is 4.81. The molecule has 1 aromatic rings. The smallest absolute Gasteiger partial charge is 0.194 e. The van der Waals surface area contributed by atoms with Crippen LogP contribution in [0.2, 0.25) is 0 Å². The zero-order valence-electron chi connectivity index (χ0n) is 8.30. The van der Waals surface area contributed by atoms with Gasteiger partial charge in [-0.15, -0.1) is 0 Å². The Bertz CT molecular complexity index is 418. The van der Waals surface area contributed by atoms with Crippen LogP contribution < -0.4 is 11.1 Å². The molecule has 0 amide bonds. The highest BCUT2D eigenvalue weighted by molar-refractivity contribution is 5.92. The number of hydrogen-bond acceptors (Lipinski definition) is 1. The molecule has 1 saturated carbocycles. The molecule has 0 radical (unpaired) electrons. The summed E-state index contributed by atoms with van der Waals surface area (Å²) in [7, 11) is 0. The van der Waals surface area contributed by atoms with Crippen molar-refractivity contribution < 1.29 is 13.2 Å². The molecular weight excluding hydrogens is 219 g/mol. The quantitative estimate of drug-likeness (QED) is 0.463. The second-order valence-electron chi connectivity index (χ2n) is 3.62. The van der Waals surface area contributed by atoms with Crippen molar-refractivity contribution in [1.29, 1.82) is 0 Å². The number of aliphatic imine (C=N–C) groups is 1. The number of nitrogens with two attached hydrogens (primary N) is 1. The van der Waals surface area contributed by atoms with Crippen molar-refractivity contribution in [2.45, 2.75) is 18.9 Å². The third-order valence-corrected chi connectivity index (χ3v) is 2.12. The van der Waals surface area contributed by atoms with Crippen molar-refractivity contribution in [1.82, 2.24) is 0 Å². The summed E-state index contributed by atoms with van der Waals surface area (Å²) in [5.74, 6) is -3.94. The number of guanidine groups is 1. The topological polar surface area (TPSA) is 50.4 Å². The summed E-state index contributed by atoms with van der Waals surface area (Å²) in [4.78, 5) is 4.01. The van der Waals surface area contributed by atoms with Gasteiger partial charge in [-0.05, 0) is 12.8 Å². The number of hydrogen-bond donors (Lipinski definition) is 2. The van der Waals surface area contributed by atoms with Gasteiger partial charge in [0.05, 0.1) is 6.04 Å². The van der Waals surface area contributed by atoms with Crippen molar-refractivity contribution >= 4 is 11.6 Å². The number of benzene rings is 1. The Morgan fingerprint density at radius 3 is 2.31 bits per heavy atom. The van der Waals surface area contributed by atoms with Crippen LogP contribution in [0.5, 0.6) is 0 Å². The van der Waals surface area contributed by atoms with Gasteiger partial charge in [0.1, 0.15) is 0 Å². The van der Waals surface area contributed by atoms with Crippen LogP contribution in [0, 0.1) is 17.5 Å². The van der Waals surface area contributed by atoms with Gasteiger partial charge >= 0.3 is 0 Å². The number of nitrogens with zero attached hydrogens (tertiary/aromatic N) is 1. The maximum absolute atomic E-state index is 12.8. The van der Waals surface area contributed by atoms with Crippen molar-refractivity contribution in [3.63, 3.8) is 0 Å². The molecule has 1 aliphatic carbocycles. The van der Waals surface area contributed by atoms with E-state index in [4.69, 9.17) is 5.73 Å². The summed E-state index contributed by atoms with van der Waals surface area (Å²) in [6.07, 6.45) is 1.93. The Labute approximate surface area is 90.2 Å². The molecule has 86 valence electrons. The molecule has 0 bridgehead atoms. The van der Waals surface area contributed by atoms with Crippen molar-refractivity contribution in [3.05, 3.63) is 29.6 Å². The first kappa shape index (κ1) is 10.8. The fourth-order valence-electron chi connectivity index (χ4n) is 1.21. The normalized spacial score (nSPS) is 16.3. The van der Waals surface area contributed by atoms with Crippen LogP contribution in [0.1, 0.15) is 12.8 Å². The SMILES string of the molecule is NC(=NC1CC1)Nc1cc(F)c(F)c(F)c1. The fourth-order valence-corrected chi connectivity index (χ4v) is 1.21. The average molecular weight is 229 g/mol. The second kappa shape index (κ2) is 4.03. The summed E-state index contributed by atoms with van der Waals surface area (Å²) < 4.78 is 38.3.